The van der Waals surface area contributed by atoms with Gasteiger partial charge in [0.15, 0.2) is 0 Å². The minimum absolute atomic E-state index is 0.118. The van der Waals surface area contributed by atoms with Gasteiger partial charge < -0.3 is 0 Å². The van der Waals surface area contributed by atoms with Crippen LogP contribution in [0.25, 0.3) is 0 Å². The topological polar surface area (TPSA) is 45.8 Å². The molecular formula is C10H16N2O. The normalized spacial score (nSPS) is 10.8. The van der Waals surface area contributed by atoms with Crippen molar-refractivity contribution in [2.75, 3.05) is 0 Å². The van der Waals surface area contributed by atoms with Crippen molar-refractivity contribution in [2.24, 2.45) is 0 Å². The molecule has 0 amide bonds. The van der Waals surface area contributed by atoms with Crippen molar-refractivity contribution < 1.29 is 0 Å². The summed E-state index contributed by atoms with van der Waals surface area (Å²) in [6.45, 7) is 6.22. The molecular weight excluding hydrogens is 164 g/mol. The Labute approximate surface area is 78.2 Å². The van der Waals surface area contributed by atoms with Crippen LogP contribution in [0.1, 0.15) is 43.9 Å². The molecule has 0 saturated heterocycles. The van der Waals surface area contributed by atoms with Crippen molar-refractivity contribution in [3.8, 4) is 0 Å². The minimum Gasteiger partial charge on any atom is -0.268 e. The first-order chi connectivity index (χ1) is 6.19. The van der Waals surface area contributed by atoms with Crippen molar-refractivity contribution in [2.45, 2.75) is 39.5 Å². The number of nitrogens with zero attached hydrogens (tertiary/aromatic N) is 1. The third-order valence-corrected chi connectivity index (χ3v) is 2.41. The van der Waals surface area contributed by atoms with Gasteiger partial charge in [-0.15, -0.1) is 0 Å². The van der Waals surface area contributed by atoms with Gasteiger partial charge in [0.2, 0.25) is 0 Å². The lowest BCUT2D eigenvalue weighted by molar-refractivity contribution is 0.606. The van der Waals surface area contributed by atoms with Gasteiger partial charge in [-0.2, -0.15) is 5.10 Å². The van der Waals surface area contributed by atoms with Crippen LogP contribution in [0.15, 0.2) is 10.9 Å². The summed E-state index contributed by atoms with van der Waals surface area (Å²) < 4.78 is 0. The van der Waals surface area contributed by atoms with E-state index in [4.69, 9.17) is 0 Å². The number of aromatic nitrogens is 2. The molecule has 0 aromatic carbocycles. The molecule has 72 valence electrons. The van der Waals surface area contributed by atoms with Crippen LogP contribution in [-0.2, 0) is 0 Å². The second-order valence-corrected chi connectivity index (χ2v) is 3.31. The van der Waals surface area contributed by atoms with Gasteiger partial charge in [-0.25, -0.2) is 5.10 Å². The second kappa shape index (κ2) is 4.21. The summed E-state index contributed by atoms with van der Waals surface area (Å²) in [5.74, 6) is 0.469. The van der Waals surface area contributed by atoms with Crippen molar-refractivity contribution >= 4 is 0 Å². The van der Waals surface area contributed by atoms with Crippen molar-refractivity contribution in [3.63, 3.8) is 0 Å². The summed E-state index contributed by atoms with van der Waals surface area (Å²) >= 11 is 0. The number of aryl methyl sites for hydroxylation is 1. The van der Waals surface area contributed by atoms with E-state index < -0.39 is 0 Å². The average Bonchev–Trinajstić information content (AvgIpc) is 2.10. The van der Waals surface area contributed by atoms with E-state index in [-0.39, 0.29) is 5.56 Å². The molecule has 1 heterocycles. The Morgan fingerprint density at radius 2 is 2.08 bits per heavy atom. The van der Waals surface area contributed by atoms with E-state index in [9.17, 15) is 4.79 Å². The molecule has 0 fully saturated rings. The lowest BCUT2D eigenvalue weighted by atomic mass is 9.96. The van der Waals surface area contributed by atoms with Crippen LogP contribution in [0.3, 0.4) is 0 Å². The minimum atomic E-state index is -0.118. The van der Waals surface area contributed by atoms with Gasteiger partial charge in [0.25, 0.3) is 5.56 Å². The molecule has 0 spiro atoms. The maximum Gasteiger partial charge on any atom is 0.264 e. The lowest BCUT2D eigenvalue weighted by Crippen LogP contribution is -2.12. The number of aromatic amines is 1. The first-order valence-electron chi connectivity index (χ1n) is 4.75. The maximum absolute atomic E-state index is 10.9. The fourth-order valence-electron chi connectivity index (χ4n) is 1.59. The highest BCUT2D eigenvalue weighted by atomic mass is 16.1. The zero-order valence-electron chi connectivity index (χ0n) is 8.42. The van der Waals surface area contributed by atoms with Gasteiger partial charge in [-0.1, -0.05) is 13.8 Å². The number of hydrogen-bond donors (Lipinski definition) is 1. The zero-order chi connectivity index (χ0) is 9.84. The van der Waals surface area contributed by atoms with Crippen molar-refractivity contribution in [1.29, 1.82) is 0 Å². The smallest absolute Gasteiger partial charge is 0.264 e. The Morgan fingerprint density at radius 3 is 2.54 bits per heavy atom. The molecule has 1 aromatic heterocycles. The SMILES string of the molecule is CCC(CC)c1n[nH]c(=O)cc1C. The molecule has 0 atom stereocenters. The monoisotopic (exact) mass is 180 g/mol. The van der Waals surface area contributed by atoms with Crippen LogP contribution in [0.5, 0.6) is 0 Å². The molecule has 1 rings (SSSR count). The standard InChI is InChI=1S/C10H16N2O/c1-4-8(5-2)10-7(3)6-9(13)11-12-10/h6,8H,4-5H2,1-3H3,(H,11,13). The number of hydrogen-bond acceptors (Lipinski definition) is 2. The van der Waals surface area contributed by atoms with E-state index in [1.807, 2.05) is 6.92 Å². The number of rotatable bonds is 3. The fourth-order valence-corrected chi connectivity index (χ4v) is 1.59. The molecule has 0 aliphatic carbocycles. The number of nitrogens with one attached hydrogen (secondary N) is 1. The third kappa shape index (κ3) is 2.17. The van der Waals surface area contributed by atoms with Gasteiger partial charge in [-0.3, -0.25) is 4.79 Å². The van der Waals surface area contributed by atoms with Crippen LogP contribution in [0.2, 0.25) is 0 Å². The van der Waals surface area contributed by atoms with E-state index in [2.05, 4.69) is 24.0 Å². The first kappa shape index (κ1) is 9.96. The van der Waals surface area contributed by atoms with Crippen LogP contribution in [0, 0.1) is 6.92 Å². The molecule has 3 heteroatoms. The highest BCUT2D eigenvalue weighted by molar-refractivity contribution is 5.18. The predicted molar refractivity (Wildman–Crippen MR) is 52.9 cm³/mol. The van der Waals surface area contributed by atoms with Crippen LogP contribution >= 0.6 is 0 Å². The summed E-state index contributed by atoms with van der Waals surface area (Å²) in [7, 11) is 0. The van der Waals surface area contributed by atoms with Gasteiger partial charge >= 0.3 is 0 Å². The zero-order valence-corrected chi connectivity index (χ0v) is 8.42. The quantitative estimate of drug-likeness (QED) is 0.773. The third-order valence-electron chi connectivity index (χ3n) is 2.41. The molecule has 13 heavy (non-hydrogen) atoms. The van der Waals surface area contributed by atoms with E-state index >= 15 is 0 Å². The molecule has 3 nitrogen and oxygen atoms in total. The van der Waals surface area contributed by atoms with Gasteiger partial charge in [-0.05, 0) is 25.3 Å². The van der Waals surface area contributed by atoms with Gasteiger partial charge in [0.1, 0.15) is 0 Å². The molecule has 0 unspecified atom stereocenters. The molecule has 0 bridgehead atoms. The average molecular weight is 180 g/mol. The molecule has 1 aromatic rings. The van der Waals surface area contributed by atoms with E-state index in [1.165, 1.54) is 0 Å². The van der Waals surface area contributed by atoms with Gasteiger partial charge in [0, 0.05) is 12.0 Å². The molecule has 0 radical (unpaired) electrons. The Balaban J connectivity index is 3.06. The maximum atomic E-state index is 10.9. The molecule has 0 aliphatic heterocycles. The second-order valence-electron chi connectivity index (χ2n) is 3.31. The summed E-state index contributed by atoms with van der Waals surface area (Å²) in [6, 6.07) is 1.61. The van der Waals surface area contributed by atoms with E-state index in [1.54, 1.807) is 6.07 Å². The van der Waals surface area contributed by atoms with Crippen LogP contribution in [-0.4, -0.2) is 10.2 Å². The summed E-state index contributed by atoms with van der Waals surface area (Å²) in [6.07, 6.45) is 2.13. The van der Waals surface area contributed by atoms with Crippen molar-refractivity contribution in [3.05, 3.63) is 27.7 Å². The lowest BCUT2D eigenvalue weighted by Gasteiger charge is -2.12. The predicted octanol–water partition coefficient (Wildman–Crippen LogP) is 1.98. The van der Waals surface area contributed by atoms with E-state index in [0.29, 0.717) is 5.92 Å². The molecule has 0 aliphatic rings. The van der Waals surface area contributed by atoms with Crippen LogP contribution < -0.4 is 5.56 Å². The summed E-state index contributed by atoms with van der Waals surface area (Å²) in [4.78, 5) is 10.9. The Morgan fingerprint density at radius 1 is 1.46 bits per heavy atom. The number of H-pyrrole nitrogens is 1. The largest absolute Gasteiger partial charge is 0.268 e. The molecule has 0 saturated carbocycles. The summed E-state index contributed by atoms with van der Waals surface area (Å²) in [5, 5.41) is 6.57. The first-order valence-corrected chi connectivity index (χ1v) is 4.75. The van der Waals surface area contributed by atoms with E-state index in [0.717, 1.165) is 24.1 Å². The Kier molecular flexibility index (Phi) is 3.23. The van der Waals surface area contributed by atoms with Crippen molar-refractivity contribution in [1.82, 2.24) is 10.2 Å². The fraction of sp³-hybridized carbons (Fsp3) is 0.600. The molecule has 1 N–H and O–H groups in total. The highest BCUT2D eigenvalue weighted by Gasteiger charge is 2.11. The highest BCUT2D eigenvalue weighted by Crippen LogP contribution is 2.21. The Hall–Kier alpha value is -1.12. The van der Waals surface area contributed by atoms with Crippen LogP contribution in [0.4, 0.5) is 0 Å². The van der Waals surface area contributed by atoms with Gasteiger partial charge in [0.05, 0.1) is 5.69 Å². The summed E-state index contributed by atoms with van der Waals surface area (Å²) in [5.41, 5.74) is 1.91. The Bertz CT molecular complexity index is 326.